The first-order valence-electron chi connectivity index (χ1n) is 7.23. The molecule has 22 heavy (non-hydrogen) atoms. The number of nitrogens with one attached hydrogen (secondary N) is 1. The van der Waals surface area contributed by atoms with E-state index >= 15 is 0 Å². The van der Waals surface area contributed by atoms with Gasteiger partial charge in [0, 0.05) is 12.1 Å². The lowest BCUT2D eigenvalue weighted by molar-refractivity contribution is -0.121. The summed E-state index contributed by atoms with van der Waals surface area (Å²) in [4.78, 5) is 16.0. The van der Waals surface area contributed by atoms with Crippen LogP contribution in [0.25, 0.3) is 11.5 Å². The Balaban J connectivity index is 1.89. The summed E-state index contributed by atoms with van der Waals surface area (Å²) in [6.45, 7) is 2.20. The highest BCUT2D eigenvalue weighted by Gasteiger charge is 2.11. The molecular formula is C16H19FN2O3. The van der Waals surface area contributed by atoms with Crippen LogP contribution in [0.3, 0.4) is 0 Å². The Labute approximate surface area is 128 Å². The van der Waals surface area contributed by atoms with Crippen LogP contribution in [0.4, 0.5) is 4.39 Å². The molecule has 0 fully saturated rings. The molecule has 118 valence electrons. The van der Waals surface area contributed by atoms with Gasteiger partial charge in [0.15, 0.2) is 0 Å². The van der Waals surface area contributed by atoms with Crippen molar-refractivity contribution in [1.29, 1.82) is 0 Å². The topological polar surface area (TPSA) is 75.4 Å². The van der Waals surface area contributed by atoms with Crippen LogP contribution in [0.1, 0.15) is 25.5 Å². The number of carbonyl (C=O) groups is 1. The summed E-state index contributed by atoms with van der Waals surface area (Å²) in [7, 11) is 0. The summed E-state index contributed by atoms with van der Waals surface area (Å²) < 4.78 is 18.2. The van der Waals surface area contributed by atoms with Crippen molar-refractivity contribution in [3.63, 3.8) is 0 Å². The minimum atomic E-state index is -0.527. The van der Waals surface area contributed by atoms with E-state index in [0.29, 0.717) is 23.6 Å². The molecule has 0 aliphatic rings. The first kappa shape index (κ1) is 16.2. The maximum absolute atomic E-state index is 12.9. The monoisotopic (exact) mass is 306 g/mol. The Morgan fingerprint density at radius 2 is 2.14 bits per heavy atom. The number of rotatable bonds is 7. The molecule has 1 unspecified atom stereocenters. The van der Waals surface area contributed by atoms with Gasteiger partial charge in [-0.15, -0.1) is 0 Å². The van der Waals surface area contributed by atoms with Crippen molar-refractivity contribution in [3.8, 4) is 11.5 Å². The average Bonchev–Trinajstić information content (AvgIpc) is 2.95. The van der Waals surface area contributed by atoms with Gasteiger partial charge in [-0.05, 0) is 30.7 Å². The van der Waals surface area contributed by atoms with E-state index in [9.17, 15) is 14.3 Å². The first-order valence-corrected chi connectivity index (χ1v) is 7.23. The molecule has 0 spiro atoms. The molecular weight excluding hydrogens is 287 g/mol. The summed E-state index contributed by atoms with van der Waals surface area (Å²) in [6.07, 6.45) is 2.46. The molecule has 2 aromatic rings. The van der Waals surface area contributed by atoms with Gasteiger partial charge in [-0.3, -0.25) is 4.79 Å². The highest BCUT2D eigenvalue weighted by molar-refractivity contribution is 5.78. The zero-order chi connectivity index (χ0) is 15.9. The smallest absolute Gasteiger partial charge is 0.226 e. The van der Waals surface area contributed by atoms with E-state index in [1.165, 1.54) is 18.4 Å². The van der Waals surface area contributed by atoms with Gasteiger partial charge in [-0.2, -0.15) is 0 Å². The fourth-order valence-corrected chi connectivity index (χ4v) is 2.01. The van der Waals surface area contributed by atoms with Gasteiger partial charge < -0.3 is 14.8 Å². The number of benzene rings is 1. The Morgan fingerprint density at radius 1 is 1.41 bits per heavy atom. The van der Waals surface area contributed by atoms with Crippen molar-refractivity contribution < 1.29 is 18.7 Å². The van der Waals surface area contributed by atoms with Gasteiger partial charge in [0.05, 0.1) is 18.2 Å². The first-order chi connectivity index (χ1) is 10.6. The molecule has 5 nitrogen and oxygen atoms in total. The number of hydrogen-bond donors (Lipinski definition) is 2. The standard InChI is InChI=1S/C16H19FN2O3/c1-2-3-14(20)9-18-15(21)8-13-10-22-16(19-13)11-4-6-12(17)7-5-11/h4-7,10,14,20H,2-3,8-9H2,1H3,(H,18,21). The van der Waals surface area contributed by atoms with Gasteiger partial charge >= 0.3 is 0 Å². The number of amides is 1. The molecule has 1 amide bonds. The molecule has 0 radical (unpaired) electrons. The van der Waals surface area contributed by atoms with Crippen LogP contribution >= 0.6 is 0 Å². The van der Waals surface area contributed by atoms with Gasteiger partial charge in [-0.25, -0.2) is 9.37 Å². The number of halogens is 1. The predicted octanol–water partition coefficient (Wildman–Crippen LogP) is 2.30. The predicted molar refractivity (Wildman–Crippen MR) is 79.5 cm³/mol. The molecule has 0 aliphatic heterocycles. The van der Waals surface area contributed by atoms with Crippen LogP contribution in [-0.4, -0.2) is 28.6 Å². The lowest BCUT2D eigenvalue weighted by atomic mass is 10.2. The van der Waals surface area contributed by atoms with Crippen LogP contribution in [0, 0.1) is 5.82 Å². The van der Waals surface area contributed by atoms with Crippen LogP contribution in [-0.2, 0) is 11.2 Å². The molecule has 2 N–H and O–H groups in total. The maximum atomic E-state index is 12.9. The fraction of sp³-hybridized carbons (Fsp3) is 0.375. The summed E-state index contributed by atoms with van der Waals surface area (Å²) in [5.74, 6) is -0.219. The quantitative estimate of drug-likeness (QED) is 0.823. The van der Waals surface area contributed by atoms with Gasteiger partial charge in [0.1, 0.15) is 12.1 Å². The molecule has 0 saturated carbocycles. The van der Waals surface area contributed by atoms with Gasteiger partial charge in [0.25, 0.3) is 0 Å². The van der Waals surface area contributed by atoms with E-state index < -0.39 is 6.10 Å². The molecule has 0 aliphatic carbocycles. The zero-order valence-electron chi connectivity index (χ0n) is 12.4. The third kappa shape index (κ3) is 4.66. The summed E-state index contributed by atoms with van der Waals surface area (Å²) in [5.41, 5.74) is 1.13. The third-order valence-corrected chi connectivity index (χ3v) is 3.14. The Kier molecular flexibility index (Phi) is 5.66. The van der Waals surface area contributed by atoms with E-state index in [-0.39, 0.29) is 24.7 Å². The molecule has 2 rings (SSSR count). The number of carbonyl (C=O) groups excluding carboxylic acids is 1. The number of aliphatic hydroxyl groups is 1. The summed E-state index contributed by atoms with van der Waals surface area (Å²) >= 11 is 0. The van der Waals surface area contributed by atoms with Crippen molar-refractivity contribution >= 4 is 5.91 Å². The number of aromatic nitrogens is 1. The van der Waals surface area contributed by atoms with Crippen molar-refractivity contribution in [2.75, 3.05) is 6.54 Å². The summed E-state index contributed by atoms with van der Waals surface area (Å²) in [6, 6.07) is 5.76. The third-order valence-electron chi connectivity index (χ3n) is 3.14. The normalized spacial score (nSPS) is 12.1. The molecule has 0 bridgehead atoms. The number of nitrogens with zero attached hydrogens (tertiary/aromatic N) is 1. The lowest BCUT2D eigenvalue weighted by Crippen LogP contribution is -2.33. The average molecular weight is 306 g/mol. The molecule has 1 aromatic heterocycles. The van der Waals surface area contributed by atoms with Crippen molar-refractivity contribution in [2.24, 2.45) is 0 Å². The number of aliphatic hydroxyl groups excluding tert-OH is 1. The van der Waals surface area contributed by atoms with Crippen molar-refractivity contribution in [3.05, 3.63) is 42.0 Å². The van der Waals surface area contributed by atoms with Crippen LogP contribution in [0.5, 0.6) is 0 Å². The Hall–Kier alpha value is -2.21. The van der Waals surface area contributed by atoms with Gasteiger partial charge in [0.2, 0.25) is 11.8 Å². The highest BCUT2D eigenvalue weighted by Crippen LogP contribution is 2.19. The largest absolute Gasteiger partial charge is 0.444 e. The van der Waals surface area contributed by atoms with E-state index in [1.54, 1.807) is 12.1 Å². The van der Waals surface area contributed by atoms with Crippen LogP contribution in [0.2, 0.25) is 0 Å². The highest BCUT2D eigenvalue weighted by atomic mass is 19.1. The number of hydrogen-bond acceptors (Lipinski definition) is 4. The maximum Gasteiger partial charge on any atom is 0.226 e. The minimum absolute atomic E-state index is 0.0730. The van der Waals surface area contributed by atoms with Crippen LogP contribution < -0.4 is 5.32 Å². The van der Waals surface area contributed by atoms with Crippen molar-refractivity contribution in [1.82, 2.24) is 10.3 Å². The minimum Gasteiger partial charge on any atom is -0.444 e. The molecule has 1 aromatic carbocycles. The molecule has 0 saturated heterocycles. The van der Waals surface area contributed by atoms with Crippen LogP contribution in [0.15, 0.2) is 34.9 Å². The Bertz CT molecular complexity index is 610. The van der Waals surface area contributed by atoms with E-state index in [4.69, 9.17) is 4.42 Å². The SMILES string of the molecule is CCCC(O)CNC(=O)Cc1coc(-c2ccc(F)cc2)n1. The Morgan fingerprint density at radius 3 is 2.82 bits per heavy atom. The lowest BCUT2D eigenvalue weighted by Gasteiger charge is -2.09. The second-order valence-electron chi connectivity index (χ2n) is 5.07. The second kappa shape index (κ2) is 7.70. The molecule has 6 heteroatoms. The van der Waals surface area contributed by atoms with Gasteiger partial charge in [-0.1, -0.05) is 13.3 Å². The fourth-order valence-electron chi connectivity index (χ4n) is 2.01. The zero-order valence-corrected chi connectivity index (χ0v) is 12.4. The molecule has 1 heterocycles. The van der Waals surface area contributed by atoms with E-state index in [2.05, 4.69) is 10.3 Å². The second-order valence-corrected chi connectivity index (χ2v) is 5.07. The number of oxazole rings is 1. The molecule has 1 atom stereocenters. The van der Waals surface area contributed by atoms with Crippen molar-refractivity contribution in [2.45, 2.75) is 32.3 Å². The van der Waals surface area contributed by atoms with E-state index in [1.807, 2.05) is 6.92 Å². The summed E-state index contributed by atoms with van der Waals surface area (Å²) in [5, 5.41) is 12.2. The van der Waals surface area contributed by atoms with E-state index in [0.717, 1.165) is 6.42 Å².